The number of ether oxygens (including phenoxy) is 1. The summed E-state index contributed by atoms with van der Waals surface area (Å²) in [5.41, 5.74) is 0.916. The van der Waals surface area contributed by atoms with Crippen LogP contribution in [0.2, 0.25) is 0 Å². The lowest BCUT2D eigenvalue weighted by molar-refractivity contribution is -0.167. The van der Waals surface area contributed by atoms with Crippen molar-refractivity contribution >= 4 is 40.9 Å². The Morgan fingerprint density at radius 3 is 1.65 bits per heavy atom. The zero-order chi connectivity index (χ0) is 34.7. The zero-order valence-corrected chi connectivity index (χ0v) is 25.4. The van der Waals surface area contributed by atoms with Crippen molar-refractivity contribution in [2.75, 3.05) is 72.8 Å². The molecule has 2 aromatic heterocycles. The van der Waals surface area contributed by atoms with Gasteiger partial charge in [-0.05, 0) is 29.8 Å². The predicted octanol–water partition coefficient (Wildman–Crippen LogP) is 4.03. The van der Waals surface area contributed by atoms with Gasteiger partial charge in [0.05, 0.1) is 11.4 Å². The molecule has 0 aliphatic carbocycles. The lowest BCUT2D eigenvalue weighted by Crippen LogP contribution is -2.49. The van der Waals surface area contributed by atoms with E-state index in [0.29, 0.717) is 45.1 Å². The SMILES string of the molecule is O=C(Nc1cccnc1N1CCNCC1)C(F)(F)F.O=C(OCc1ccccc1)N1CCN(c2ncccc2NC(=O)C(F)(F)F)CC1. The minimum absolute atomic E-state index is 0.0325. The molecule has 0 unspecified atom stereocenters. The Bertz CT molecular complexity index is 1530. The normalized spacial score (nSPS) is 15.2. The van der Waals surface area contributed by atoms with Crippen molar-refractivity contribution < 1.29 is 45.5 Å². The molecule has 0 saturated carbocycles. The number of anilines is 4. The second-order valence-electron chi connectivity index (χ2n) is 10.4. The number of halogens is 6. The molecule has 258 valence electrons. The number of hydrogen-bond donors (Lipinski definition) is 3. The second kappa shape index (κ2) is 16.1. The summed E-state index contributed by atoms with van der Waals surface area (Å²) in [5, 5.41) is 6.84. The predicted molar refractivity (Wildman–Crippen MR) is 163 cm³/mol. The van der Waals surface area contributed by atoms with E-state index >= 15 is 0 Å². The molecule has 5 rings (SSSR count). The van der Waals surface area contributed by atoms with Crippen molar-refractivity contribution in [3.05, 3.63) is 72.6 Å². The van der Waals surface area contributed by atoms with E-state index in [9.17, 15) is 40.7 Å². The molecule has 0 spiro atoms. The number of carbonyl (C=O) groups is 3. The highest BCUT2D eigenvalue weighted by atomic mass is 19.4. The van der Waals surface area contributed by atoms with Crippen LogP contribution in [0.5, 0.6) is 0 Å². The minimum Gasteiger partial charge on any atom is -0.445 e. The van der Waals surface area contributed by atoms with Gasteiger partial charge in [-0.2, -0.15) is 26.3 Å². The van der Waals surface area contributed by atoms with Gasteiger partial charge >= 0.3 is 30.3 Å². The van der Waals surface area contributed by atoms with Crippen molar-refractivity contribution in [3.8, 4) is 0 Å². The standard InChI is InChI=1S/C19H19F3N4O3.C11H13F3N4O/c20-19(21,22)17(27)24-15-7-4-8-23-16(15)25-9-11-26(12-10-25)18(28)29-13-14-5-2-1-3-6-14;12-11(13,14)10(19)17-8-2-1-3-16-9(8)18-6-4-15-5-7-18/h1-8H,9-13H2,(H,24,27);1-3,15H,4-7H2,(H,17,19). The molecule has 2 saturated heterocycles. The van der Waals surface area contributed by atoms with Gasteiger partial charge in [-0.1, -0.05) is 30.3 Å². The first-order valence-corrected chi connectivity index (χ1v) is 14.7. The van der Waals surface area contributed by atoms with Gasteiger partial charge in [-0.3, -0.25) is 9.59 Å². The Hall–Kier alpha value is -5.13. The zero-order valence-electron chi connectivity index (χ0n) is 25.4. The third kappa shape index (κ3) is 10.2. The summed E-state index contributed by atoms with van der Waals surface area (Å²) in [6.45, 7) is 4.18. The fourth-order valence-corrected chi connectivity index (χ4v) is 4.67. The van der Waals surface area contributed by atoms with E-state index in [4.69, 9.17) is 4.74 Å². The first-order valence-electron chi connectivity index (χ1n) is 14.7. The monoisotopic (exact) mass is 682 g/mol. The summed E-state index contributed by atoms with van der Waals surface area (Å²) in [4.78, 5) is 47.7. The highest BCUT2D eigenvalue weighted by Gasteiger charge is 2.40. The van der Waals surface area contributed by atoms with E-state index in [-0.39, 0.29) is 23.8 Å². The van der Waals surface area contributed by atoms with Crippen LogP contribution >= 0.6 is 0 Å². The third-order valence-electron chi connectivity index (χ3n) is 7.04. The van der Waals surface area contributed by atoms with Crippen LogP contribution in [0.4, 0.5) is 54.1 Å². The largest absolute Gasteiger partial charge is 0.471 e. The number of rotatable bonds is 6. The maximum absolute atomic E-state index is 12.5. The van der Waals surface area contributed by atoms with Gasteiger partial charge < -0.3 is 35.4 Å². The number of hydrogen-bond acceptors (Lipinski definition) is 9. The van der Waals surface area contributed by atoms with E-state index in [0.717, 1.165) is 18.7 Å². The van der Waals surface area contributed by atoms with Gasteiger partial charge in [0.15, 0.2) is 11.6 Å². The van der Waals surface area contributed by atoms with Crippen molar-refractivity contribution in [1.29, 1.82) is 0 Å². The van der Waals surface area contributed by atoms with Crippen molar-refractivity contribution in [2.45, 2.75) is 19.0 Å². The van der Waals surface area contributed by atoms with Crippen molar-refractivity contribution in [3.63, 3.8) is 0 Å². The van der Waals surface area contributed by atoms with Gasteiger partial charge in [0.25, 0.3) is 0 Å². The van der Waals surface area contributed by atoms with Gasteiger partial charge in [0.2, 0.25) is 0 Å². The summed E-state index contributed by atoms with van der Waals surface area (Å²) >= 11 is 0. The Morgan fingerprint density at radius 2 is 1.17 bits per heavy atom. The molecular formula is C30H32F6N8O4. The number of alkyl halides is 6. The number of benzene rings is 1. The number of carbonyl (C=O) groups excluding carboxylic acids is 3. The van der Waals surface area contributed by atoms with Crippen LogP contribution in [0.25, 0.3) is 0 Å². The number of piperazine rings is 2. The number of nitrogens with one attached hydrogen (secondary N) is 3. The van der Waals surface area contributed by atoms with Crippen LogP contribution in [0.15, 0.2) is 67.0 Å². The molecule has 48 heavy (non-hydrogen) atoms. The molecule has 18 heteroatoms. The number of amides is 3. The molecule has 2 aliphatic rings. The van der Waals surface area contributed by atoms with E-state index < -0.39 is 30.3 Å². The van der Waals surface area contributed by atoms with E-state index in [1.54, 1.807) is 4.90 Å². The first-order chi connectivity index (χ1) is 22.8. The van der Waals surface area contributed by atoms with E-state index in [1.807, 2.05) is 45.9 Å². The molecule has 3 amide bonds. The fraction of sp³-hybridized carbons (Fsp3) is 0.367. The molecule has 2 aliphatic heterocycles. The summed E-state index contributed by atoms with van der Waals surface area (Å²) in [6, 6.07) is 15.0. The van der Waals surface area contributed by atoms with Crippen LogP contribution in [0, 0.1) is 0 Å². The summed E-state index contributed by atoms with van der Waals surface area (Å²) in [6.07, 6.45) is -7.44. The van der Waals surface area contributed by atoms with Crippen molar-refractivity contribution in [2.24, 2.45) is 0 Å². The molecule has 1 aromatic carbocycles. The first kappa shape index (κ1) is 35.7. The minimum atomic E-state index is -4.99. The van der Waals surface area contributed by atoms with Gasteiger partial charge in [-0.15, -0.1) is 0 Å². The fourth-order valence-electron chi connectivity index (χ4n) is 4.67. The average molecular weight is 683 g/mol. The molecule has 0 radical (unpaired) electrons. The average Bonchev–Trinajstić information content (AvgIpc) is 3.08. The molecule has 12 nitrogen and oxygen atoms in total. The van der Waals surface area contributed by atoms with Gasteiger partial charge in [0.1, 0.15) is 6.61 Å². The maximum Gasteiger partial charge on any atom is 0.471 e. The maximum atomic E-state index is 12.5. The van der Waals surface area contributed by atoms with Gasteiger partial charge in [0, 0.05) is 64.8 Å². The Morgan fingerprint density at radius 1 is 0.688 bits per heavy atom. The number of aromatic nitrogens is 2. The van der Waals surface area contributed by atoms with Crippen LogP contribution in [0.3, 0.4) is 0 Å². The highest BCUT2D eigenvalue weighted by Crippen LogP contribution is 2.27. The molecule has 4 heterocycles. The second-order valence-corrected chi connectivity index (χ2v) is 10.4. The van der Waals surface area contributed by atoms with Crippen LogP contribution in [0.1, 0.15) is 5.56 Å². The Kier molecular flexibility index (Phi) is 12.0. The molecule has 0 bridgehead atoms. The quantitative estimate of drug-likeness (QED) is 0.330. The van der Waals surface area contributed by atoms with Crippen LogP contribution < -0.4 is 25.8 Å². The third-order valence-corrected chi connectivity index (χ3v) is 7.04. The topological polar surface area (TPSA) is 132 Å². The highest BCUT2D eigenvalue weighted by molar-refractivity contribution is 5.98. The molecule has 0 atom stereocenters. The Balaban J connectivity index is 0.000000237. The Labute approximate surface area is 271 Å². The van der Waals surface area contributed by atoms with Gasteiger partial charge in [-0.25, -0.2) is 14.8 Å². The summed E-state index contributed by atoms with van der Waals surface area (Å²) in [7, 11) is 0. The lowest BCUT2D eigenvalue weighted by atomic mass is 10.2. The molecule has 3 N–H and O–H groups in total. The molecule has 3 aromatic rings. The number of pyridine rings is 2. The lowest BCUT2D eigenvalue weighted by Gasteiger charge is -2.35. The smallest absolute Gasteiger partial charge is 0.445 e. The summed E-state index contributed by atoms with van der Waals surface area (Å²) in [5.74, 6) is -3.46. The van der Waals surface area contributed by atoms with Crippen LogP contribution in [-0.2, 0) is 20.9 Å². The summed E-state index contributed by atoms with van der Waals surface area (Å²) < 4.78 is 79.7. The van der Waals surface area contributed by atoms with Crippen LogP contribution in [-0.4, -0.2) is 97.5 Å². The van der Waals surface area contributed by atoms with E-state index in [2.05, 4.69) is 15.3 Å². The van der Waals surface area contributed by atoms with Crippen molar-refractivity contribution in [1.82, 2.24) is 20.2 Å². The molecular weight excluding hydrogens is 650 g/mol. The molecule has 2 fully saturated rings. The number of nitrogens with zero attached hydrogens (tertiary/aromatic N) is 5. The van der Waals surface area contributed by atoms with E-state index in [1.165, 1.54) is 41.6 Å².